The SMILES string of the molecule is CCCCCCCCCCCCCCCCC(=O)CC=C(C)CCC=C(C)CCC=C(C)C. The molecule has 1 heteroatoms. The highest BCUT2D eigenvalue weighted by Gasteiger charge is 2.01. The van der Waals surface area contributed by atoms with Gasteiger partial charge in [0.1, 0.15) is 5.78 Å². The van der Waals surface area contributed by atoms with Crippen molar-refractivity contribution in [3.63, 3.8) is 0 Å². The smallest absolute Gasteiger partial charge is 0.136 e. The lowest BCUT2D eigenvalue weighted by Crippen LogP contribution is -1.96. The average molecular weight is 459 g/mol. The molecule has 0 N–H and O–H groups in total. The summed E-state index contributed by atoms with van der Waals surface area (Å²) < 4.78 is 0. The van der Waals surface area contributed by atoms with Crippen molar-refractivity contribution in [1.82, 2.24) is 0 Å². The molecule has 0 amide bonds. The molecule has 0 aliphatic carbocycles. The molecule has 0 aromatic heterocycles. The van der Waals surface area contributed by atoms with Gasteiger partial charge in [0.05, 0.1) is 0 Å². The van der Waals surface area contributed by atoms with Gasteiger partial charge in [-0.1, -0.05) is 125 Å². The van der Waals surface area contributed by atoms with Crippen LogP contribution in [0.25, 0.3) is 0 Å². The maximum Gasteiger partial charge on any atom is 0.136 e. The van der Waals surface area contributed by atoms with Gasteiger partial charge in [-0.3, -0.25) is 4.79 Å². The molecular weight excluding hydrogens is 400 g/mol. The summed E-state index contributed by atoms with van der Waals surface area (Å²) in [7, 11) is 0. The van der Waals surface area contributed by atoms with Crippen LogP contribution in [0.5, 0.6) is 0 Å². The number of ketones is 1. The molecule has 0 heterocycles. The summed E-state index contributed by atoms with van der Waals surface area (Å²) in [5, 5.41) is 0. The van der Waals surface area contributed by atoms with Crippen molar-refractivity contribution >= 4 is 5.78 Å². The monoisotopic (exact) mass is 458 g/mol. The molecule has 192 valence electrons. The summed E-state index contributed by atoms with van der Waals surface area (Å²) in [6, 6.07) is 0. The molecule has 0 saturated carbocycles. The Hall–Kier alpha value is -1.11. The highest BCUT2D eigenvalue weighted by atomic mass is 16.1. The molecule has 0 atom stereocenters. The predicted molar refractivity (Wildman–Crippen MR) is 150 cm³/mol. The van der Waals surface area contributed by atoms with Crippen LogP contribution < -0.4 is 0 Å². The molecule has 0 rings (SSSR count). The van der Waals surface area contributed by atoms with Crippen molar-refractivity contribution in [1.29, 1.82) is 0 Å². The second-order valence-electron chi connectivity index (χ2n) is 10.5. The zero-order valence-corrected chi connectivity index (χ0v) is 23.3. The Morgan fingerprint density at radius 1 is 0.515 bits per heavy atom. The normalized spacial score (nSPS) is 12.3. The quantitative estimate of drug-likeness (QED) is 0.110. The van der Waals surface area contributed by atoms with Crippen LogP contribution in [0.15, 0.2) is 34.9 Å². The Bertz CT molecular complexity index is 545. The predicted octanol–water partition coefficient (Wildman–Crippen LogP) is 11.2. The van der Waals surface area contributed by atoms with E-state index < -0.39 is 0 Å². The van der Waals surface area contributed by atoms with E-state index in [2.05, 4.69) is 52.8 Å². The first-order valence-electron chi connectivity index (χ1n) is 14.4. The van der Waals surface area contributed by atoms with Crippen LogP contribution >= 0.6 is 0 Å². The Kier molecular flexibility index (Phi) is 23.2. The van der Waals surface area contributed by atoms with Crippen LogP contribution in [0, 0.1) is 0 Å². The summed E-state index contributed by atoms with van der Waals surface area (Å²) in [6.07, 6.45) is 31.8. The fraction of sp³-hybridized carbons (Fsp3) is 0.781. The molecule has 0 radical (unpaired) electrons. The number of hydrogen-bond donors (Lipinski definition) is 0. The highest BCUT2D eigenvalue weighted by molar-refractivity contribution is 5.79. The van der Waals surface area contributed by atoms with Gasteiger partial charge in [-0.15, -0.1) is 0 Å². The van der Waals surface area contributed by atoms with Gasteiger partial charge >= 0.3 is 0 Å². The zero-order chi connectivity index (χ0) is 24.6. The van der Waals surface area contributed by atoms with Gasteiger partial charge in [-0.05, 0) is 59.8 Å². The fourth-order valence-corrected chi connectivity index (χ4v) is 4.25. The molecule has 0 bridgehead atoms. The van der Waals surface area contributed by atoms with Gasteiger partial charge < -0.3 is 0 Å². The Morgan fingerprint density at radius 3 is 1.42 bits per heavy atom. The van der Waals surface area contributed by atoms with Gasteiger partial charge in [-0.2, -0.15) is 0 Å². The average Bonchev–Trinajstić information content (AvgIpc) is 2.77. The number of Topliss-reactive ketones (excluding diaryl/α,β-unsaturated/α-hetero) is 1. The standard InChI is InChI=1S/C32H58O/c1-6-7-8-9-10-11-12-13-14-15-16-17-18-19-26-32(33)28-27-31(5)25-21-24-30(4)23-20-22-29(2)3/h22,24,27H,6-21,23,25-26,28H2,1-5H3. The molecule has 0 saturated heterocycles. The third-order valence-corrected chi connectivity index (χ3v) is 6.61. The zero-order valence-electron chi connectivity index (χ0n) is 23.3. The van der Waals surface area contributed by atoms with E-state index >= 15 is 0 Å². The summed E-state index contributed by atoms with van der Waals surface area (Å²) in [6.45, 7) is 11.0. The molecule has 0 aliphatic heterocycles. The number of carbonyl (C=O) groups excluding carboxylic acids is 1. The summed E-state index contributed by atoms with van der Waals surface area (Å²) in [5.74, 6) is 0.418. The minimum Gasteiger partial charge on any atom is -0.299 e. The largest absolute Gasteiger partial charge is 0.299 e. The highest BCUT2D eigenvalue weighted by Crippen LogP contribution is 2.15. The minimum absolute atomic E-state index is 0.418. The Balaban J connectivity index is 3.56. The molecule has 0 spiro atoms. The third kappa shape index (κ3) is 25.4. The first kappa shape index (κ1) is 31.9. The van der Waals surface area contributed by atoms with Crippen molar-refractivity contribution in [2.45, 2.75) is 163 Å². The van der Waals surface area contributed by atoms with Crippen molar-refractivity contribution in [2.75, 3.05) is 0 Å². The van der Waals surface area contributed by atoms with E-state index in [4.69, 9.17) is 0 Å². The van der Waals surface area contributed by atoms with Gasteiger partial charge in [0.15, 0.2) is 0 Å². The summed E-state index contributed by atoms with van der Waals surface area (Å²) in [4.78, 5) is 12.2. The lowest BCUT2D eigenvalue weighted by atomic mass is 10.0. The molecule has 33 heavy (non-hydrogen) atoms. The van der Waals surface area contributed by atoms with E-state index in [1.165, 1.54) is 100 Å². The number of rotatable bonds is 23. The summed E-state index contributed by atoms with van der Waals surface area (Å²) in [5.41, 5.74) is 4.24. The number of hydrogen-bond acceptors (Lipinski definition) is 1. The van der Waals surface area contributed by atoms with Crippen LogP contribution in [-0.2, 0) is 4.79 Å². The molecule has 0 fully saturated rings. The number of unbranched alkanes of at least 4 members (excludes halogenated alkanes) is 13. The van der Waals surface area contributed by atoms with Gasteiger partial charge in [0, 0.05) is 12.8 Å². The van der Waals surface area contributed by atoms with Gasteiger partial charge in [-0.25, -0.2) is 0 Å². The van der Waals surface area contributed by atoms with E-state index in [0.717, 1.165) is 38.5 Å². The summed E-state index contributed by atoms with van der Waals surface area (Å²) >= 11 is 0. The van der Waals surface area contributed by atoms with Crippen LogP contribution in [0.4, 0.5) is 0 Å². The molecule has 0 aliphatic rings. The molecular formula is C32H58O. The maximum atomic E-state index is 12.2. The van der Waals surface area contributed by atoms with Crippen molar-refractivity contribution in [3.8, 4) is 0 Å². The molecule has 1 nitrogen and oxygen atoms in total. The van der Waals surface area contributed by atoms with Gasteiger partial charge in [0.25, 0.3) is 0 Å². The van der Waals surface area contributed by atoms with Crippen molar-refractivity contribution in [2.24, 2.45) is 0 Å². The number of allylic oxidation sites excluding steroid dienone is 6. The van der Waals surface area contributed by atoms with Crippen molar-refractivity contribution < 1.29 is 4.79 Å². The van der Waals surface area contributed by atoms with Crippen molar-refractivity contribution in [3.05, 3.63) is 34.9 Å². The fourth-order valence-electron chi connectivity index (χ4n) is 4.25. The lowest BCUT2D eigenvalue weighted by Gasteiger charge is -2.04. The van der Waals surface area contributed by atoms with E-state index in [-0.39, 0.29) is 0 Å². The second-order valence-corrected chi connectivity index (χ2v) is 10.5. The lowest BCUT2D eigenvalue weighted by molar-refractivity contribution is -0.118. The maximum absolute atomic E-state index is 12.2. The number of carbonyl (C=O) groups is 1. The minimum atomic E-state index is 0.418. The molecule has 0 aromatic rings. The topological polar surface area (TPSA) is 17.1 Å². The Morgan fingerprint density at radius 2 is 0.939 bits per heavy atom. The van der Waals surface area contributed by atoms with Gasteiger partial charge in [0.2, 0.25) is 0 Å². The first-order chi connectivity index (χ1) is 16.0. The first-order valence-corrected chi connectivity index (χ1v) is 14.4. The Labute approximate surface area is 208 Å². The second kappa shape index (κ2) is 24.0. The molecule has 0 unspecified atom stereocenters. The van der Waals surface area contributed by atoms with E-state index in [9.17, 15) is 4.79 Å². The van der Waals surface area contributed by atoms with E-state index in [0.29, 0.717) is 12.2 Å². The van der Waals surface area contributed by atoms with Crippen LogP contribution in [0.2, 0.25) is 0 Å². The van der Waals surface area contributed by atoms with Crippen LogP contribution in [-0.4, -0.2) is 5.78 Å². The van der Waals surface area contributed by atoms with Crippen LogP contribution in [0.3, 0.4) is 0 Å². The van der Waals surface area contributed by atoms with Crippen LogP contribution in [0.1, 0.15) is 163 Å². The van der Waals surface area contributed by atoms with E-state index in [1.807, 2.05) is 0 Å². The molecule has 0 aromatic carbocycles. The van der Waals surface area contributed by atoms with E-state index in [1.54, 1.807) is 0 Å². The third-order valence-electron chi connectivity index (χ3n) is 6.61.